The molecule has 1 aromatic carbocycles. The molecule has 19 heavy (non-hydrogen) atoms. The van der Waals surface area contributed by atoms with E-state index >= 15 is 0 Å². The fraction of sp³-hybridized carbons (Fsp3) is 0.286. The monoisotopic (exact) mass is 258 g/mol. The van der Waals surface area contributed by atoms with Gasteiger partial charge in [-0.25, -0.2) is 0 Å². The highest BCUT2D eigenvalue weighted by Gasteiger charge is 2.12. The van der Waals surface area contributed by atoms with Crippen molar-refractivity contribution in [3.63, 3.8) is 0 Å². The Bertz CT molecular complexity index is 559. The van der Waals surface area contributed by atoms with Gasteiger partial charge < -0.3 is 11.1 Å². The first-order valence-corrected chi connectivity index (χ1v) is 6.19. The topological polar surface area (TPSA) is 72.9 Å². The molecule has 1 amide bonds. The van der Waals surface area contributed by atoms with Gasteiger partial charge in [-0.2, -0.15) is 5.10 Å². The van der Waals surface area contributed by atoms with Crippen molar-refractivity contribution in [1.29, 1.82) is 0 Å². The summed E-state index contributed by atoms with van der Waals surface area (Å²) in [5.74, 6) is 0.830. The predicted octanol–water partition coefficient (Wildman–Crippen LogP) is 2.13. The van der Waals surface area contributed by atoms with E-state index in [1.54, 1.807) is 24.0 Å². The van der Waals surface area contributed by atoms with Gasteiger partial charge in [0.2, 0.25) is 5.91 Å². The van der Waals surface area contributed by atoms with Gasteiger partial charge in [-0.1, -0.05) is 19.1 Å². The number of nitrogen functional groups attached to an aromatic ring is 1. The number of nitrogens with zero attached hydrogens (tertiary/aromatic N) is 2. The molecule has 5 heteroatoms. The van der Waals surface area contributed by atoms with Crippen LogP contribution in [0.1, 0.15) is 24.8 Å². The van der Waals surface area contributed by atoms with E-state index in [9.17, 15) is 4.79 Å². The van der Waals surface area contributed by atoms with Gasteiger partial charge >= 0.3 is 0 Å². The number of nitrogens with two attached hydrogens (primary N) is 1. The van der Waals surface area contributed by atoms with Gasteiger partial charge in [0, 0.05) is 25.2 Å². The Hall–Kier alpha value is -2.30. The lowest BCUT2D eigenvalue weighted by Gasteiger charge is -2.12. The first-order chi connectivity index (χ1) is 9.06. The van der Waals surface area contributed by atoms with Crippen LogP contribution in [0.15, 0.2) is 36.5 Å². The van der Waals surface area contributed by atoms with Crippen molar-refractivity contribution >= 4 is 17.4 Å². The number of aromatic nitrogens is 2. The zero-order valence-corrected chi connectivity index (χ0v) is 11.1. The molecule has 0 spiro atoms. The number of hydrogen-bond acceptors (Lipinski definition) is 3. The lowest BCUT2D eigenvalue weighted by molar-refractivity contribution is -0.116. The summed E-state index contributed by atoms with van der Waals surface area (Å²) in [7, 11) is 1.79. The summed E-state index contributed by atoms with van der Waals surface area (Å²) >= 11 is 0. The number of anilines is 2. The average Bonchev–Trinajstić information content (AvgIpc) is 2.75. The van der Waals surface area contributed by atoms with Crippen molar-refractivity contribution in [3.05, 3.63) is 42.1 Å². The summed E-state index contributed by atoms with van der Waals surface area (Å²) in [6, 6.07) is 9.39. The SMILES string of the molecule is CC(CC(=O)Nc1ccnn1C)c1ccc(N)cc1. The van der Waals surface area contributed by atoms with Crippen LogP contribution in [0.2, 0.25) is 0 Å². The van der Waals surface area contributed by atoms with Crippen LogP contribution in [-0.2, 0) is 11.8 Å². The molecule has 5 nitrogen and oxygen atoms in total. The molecule has 0 aliphatic rings. The van der Waals surface area contributed by atoms with Crippen LogP contribution in [0.4, 0.5) is 11.5 Å². The molecule has 3 N–H and O–H groups in total. The van der Waals surface area contributed by atoms with Crippen molar-refractivity contribution in [2.75, 3.05) is 11.1 Å². The molecule has 0 saturated carbocycles. The van der Waals surface area contributed by atoms with Gasteiger partial charge in [0.1, 0.15) is 5.82 Å². The molecular formula is C14H18N4O. The normalized spacial score (nSPS) is 12.1. The highest BCUT2D eigenvalue weighted by atomic mass is 16.1. The number of carbonyl (C=O) groups is 1. The fourth-order valence-corrected chi connectivity index (χ4v) is 1.91. The summed E-state index contributed by atoms with van der Waals surface area (Å²) in [4.78, 5) is 11.9. The summed E-state index contributed by atoms with van der Waals surface area (Å²) in [6.07, 6.45) is 2.08. The van der Waals surface area contributed by atoms with Crippen molar-refractivity contribution in [2.45, 2.75) is 19.3 Å². The van der Waals surface area contributed by atoms with Crippen molar-refractivity contribution in [2.24, 2.45) is 7.05 Å². The van der Waals surface area contributed by atoms with Crippen LogP contribution in [0.3, 0.4) is 0 Å². The summed E-state index contributed by atoms with van der Waals surface area (Å²) in [5, 5.41) is 6.84. The maximum absolute atomic E-state index is 11.9. The second kappa shape index (κ2) is 5.56. The lowest BCUT2D eigenvalue weighted by Crippen LogP contribution is -2.16. The first kappa shape index (κ1) is 13.1. The third-order valence-corrected chi connectivity index (χ3v) is 3.09. The van der Waals surface area contributed by atoms with Crippen LogP contribution in [0.5, 0.6) is 0 Å². The Labute approximate surface area is 112 Å². The highest BCUT2D eigenvalue weighted by Crippen LogP contribution is 2.20. The quantitative estimate of drug-likeness (QED) is 0.825. The summed E-state index contributed by atoms with van der Waals surface area (Å²) in [5.41, 5.74) is 7.48. The maximum atomic E-state index is 11.9. The standard InChI is InChI=1S/C14H18N4O/c1-10(11-3-5-12(15)6-4-11)9-14(19)17-13-7-8-16-18(13)2/h3-8,10H,9,15H2,1-2H3,(H,17,19). The number of amides is 1. The average molecular weight is 258 g/mol. The third kappa shape index (κ3) is 3.34. The molecule has 0 aliphatic heterocycles. The molecule has 1 heterocycles. The number of hydrogen-bond donors (Lipinski definition) is 2. The molecule has 0 bridgehead atoms. The molecule has 1 unspecified atom stereocenters. The van der Waals surface area contributed by atoms with Gasteiger partial charge in [0.05, 0.1) is 6.20 Å². The number of carbonyl (C=O) groups excluding carboxylic acids is 1. The smallest absolute Gasteiger partial charge is 0.226 e. The Kier molecular flexibility index (Phi) is 3.85. The predicted molar refractivity (Wildman–Crippen MR) is 75.7 cm³/mol. The minimum absolute atomic E-state index is 0.0204. The maximum Gasteiger partial charge on any atom is 0.226 e. The summed E-state index contributed by atoms with van der Waals surface area (Å²) in [6.45, 7) is 2.02. The van der Waals surface area contributed by atoms with Gasteiger partial charge in [-0.15, -0.1) is 0 Å². The third-order valence-electron chi connectivity index (χ3n) is 3.09. The van der Waals surface area contributed by atoms with Crippen LogP contribution >= 0.6 is 0 Å². The van der Waals surface area contributed by atoms with Crippen molar-refractivity contribution < 1.29 is 4.79 Å². The zero-order chi connectivity index (χ0) is 13.8. The number of aryl methyl sites for hydroxylation is 1. The Morgan fingerprint density at radius 3 is 2.63 bits per heavy atom. The van der Waals surface area contributed by atoms with Crippen molar-refractivity contribution in [1.82, 2.24) is 9.78 Å². The van der Waals surface area contributed by atoms with E-state index in [4.69, 9.17) is 5.73 Å². The Morgan fingerprint density at radius 1 is 1.37 bits per heavy atom. The van der Waals surface area contributed by atoms with Gasteiger partial charge in [-0.3, -0.25) is 9.48 Å². The minimum atomic E-state index is -0.0204. The largest absolute Gasteiger partial charge is 0.399 e. The second-order valence-corrected chi connectivity index (χ2v) is 4.66. The van der Waals surface area contributed by atoms with Gasteiger partial charge in [0.15, 0.2) is 0 Å². The van der Waals surface area contributed by atoms with E-state index in [0.717, 1.165) is 11.3 Å². The van der Waals surface area contributed by atoms with E-state index in [1.165, 1.54) is 0 Å². The molecule has 2 rings (SSSR count). The first-order valence-electron chi connectivity index (χ1n) is 6.19. The molecule has 0 fully saturated rings. The molecule has 0 radical (unpaired) electrons. The van der Waals surface area contributed by atoms with Gasteiger partial charge in [0.25, 0.3) is 0 Å². The van der Waals surface area contributed by atoms with E-state index in [0.29, 0.717) is 12.2 Å². The van der Waals surface area contributed by atoms with Crippen LogP contribution in [0, 0.1) is 0 Å². The highest BCUT2D eigenvalue weighted by molar-refractivity contribution is 5.90. The van der Waals surface area contributed by atoms with E-state index < -0.39 is 0 Å². The number of nitrogens with one attached hydrogen (secondary N) is 1. The molecule has 2 aromatic rings. The van der Waals surface area contributed by atoms with E-state index in [1.807, 2.05) is 31.2 Å². The van der Waals surface area contributed by atoms with E-state index in [2.05, 4.69) is 10.4 Å². The molecule has 1 atom stereocenters. The fourth-order valence-electron chi connectivity index (χ4n) is 1.91. The Balaban J connectivity index is 1.95. The van der Waals surface area contributed by atoms with Crippen molar-refractivity contribution in [3.8, 4) is 0 Å². The van der Waals surface area contributed by atoms with Crippen LogP contribution in [0.25, 0.3) is 0 Å². The zero-order valence-electron chi connectivity index (χ0n) is 11.1. The Morgan fingerprint density at radius 2 is 2.05 bits per heavy atom. The second-order valence-electron chi connectivity index (χ2n) is 4.66. The molecule has 1 aromatic heterocycles. The van der Waals surface area contributed by atoms with Gasteiger partial charge in [-0.05, 0) is 23.6 Å². The molecular weight excluding hydrogens is 240 g/mol. The lowest BCUT2D eigenvalue weighted by atomic mass is 9.97. The van der Waals surface area contributed by atoms with Crippen LogP contribution < -0.4 is 11.1 Å². The van der Waals surface area contributed by atoms with E-state index in [-0.39, 0.29) is 11.8 Å². The molecule has 0 aliphatic carbocycles. The molecule has 100 valence electrons. The summed E-state index contributed by atoms with van der Waals surface area (Å²) < 4.78 is 1.63. The minimum Gasteiger partial charge on any atom is -0.399 e. The molecule has 0 saturated heterocycles. The number of benzene rings is 1. The number of rotatable bonds is 4. The van der Waals surface area contributed by atoms with Crippen LogP contribution in [-0.4, -0.2) is 15.7 Å².